The van der Waals surface area contributed by atoms with Crippen LogP contribution in [0.1, 0.15) is 54.5 Å². The third-order valence-corrected chi connectivity index (χ3v) is 6.25. The first-order valence-corrected chi connectivity index (χ1v) is 12.2. The van der Waals surface area contributed by atoms with Crippen molar-refractivity contribution in [2.75, 3.05) is 39.2 Å². The first-order valence-electron chi connectivity index (χ1n) is 12.2. The fraction of sp³-hybridized carbons (Fsp3) is 0.500. The van der Waals surface area contributed by atoms with E-state index < -0.39 is 0 Å². The normalized spacial score (nSPS) is 21.0. The number of anilines is 1. The summed E-state index contributed by atoms with van der Waals surface area (Å²) >= 11 is 0. The molecule has 1 aromatic carbocycles. The van der Waals surface area contributed by atoms with E-state index in [-0.39, 0.29) is 48.1 Å². The van der Waals surface area contributed by atoms with Crippen molar-refractivity contribution in [2.45, 2.75) is 45.8 Å². The maximum Gasteiger partial charge on any atom is 0.274 e. The maximum absolute atomic E-state index is 13.4. The number of nitrogens with one attached hydrogen (secondary N) is 1. The van der Waals surface area contributed by atoms with E-state index in [4.69, 9.17) is 9.47 Å². The van der Waals surface area contributed by atoms with Crippen LogP contribution in [-0.4, -0.2) is 83.5 Å². The minimum Gasteiger partial charge on any atom is -0.491 e. The van der Waals surface area contributed by atoms with E-state index in [9.17, 15) is 14.4 Å². The molecule has 0 radical (unpaired) electrons. The molecule has 0 unspecified atom stereocenters. The van der Waals surface area contributed by atoms with Gasteiger partial charge in [0.15, 0.2) is 0 Å². The van der Waals surface area contributed by atoms with Crippen molar-refractivity contribution >= 4 is 23.4 Å². The van der Waals surface area contributed by atoms with Crippen LogP contribution in [0.3, 0.4) is 0 Å². The van der Waals surface area contributed by atoms with E-state index in [1.165, 1.54) is 18.6 Å². The van der Waals surface area contributed by atoms with Crippen molar-refractivity contribution in [3.05, 3.63) is 48.0 Å². The van der Waals surface area contributed by atoms with Crippen LogP contribution in [0.15, 0.2) is 36.8 Å². The standard InChI is InChI=1S/C26H35N5O5/c1-6-7-24(32)29-19-8-9-20-22(12-19)36-16-18(3)31(26(34)21-13-27-10-11-28-21)14-17(2)23(35-5)15-30(4)25(20)33/h8-13,17-18,23H,6-7,14-16H2,1-5H3,(H,29,32)/t17-,18+,23-/m1/s1. The Hall–Kier alpha value is -3.53. The molecule has 10 nitrogen and oxygen atoms in total. The highest BCUT2D eigenvalue weighted by atomic mass is 16.5. The summed E-state index contributed by atoms with van der Waals surface area (Å²) in [4.78, 5) is 50.3. The molecule has 1 aliphatic rings. The van der Waals surface area contributed by atoms with E-state index in [0.29, 0.717) is 36.5 Å². The second-order valence-electron chi connectivity index (χ2n) is 9.15. The number of nitrogens with zero attached hydrogens (tertiary/aromatic N) is 4. The lowest BCUT2D eigenvalue weighted by Crippen LogP contribution is -2.48. The SMILES string of the molecule is CCCC(=O)Nc1ccc2c(c1)OC[C@H](C)N(C(=O)c1cnccn1)C[C@@H](C)[C@H](OC)CN(C)C2=O. The number of ether oxygens (including phenoxy) is 2. The molecule has 0 spiro atoms. The Kier molecular flexibility index (Phi) is 9.35. The Morgan fingerprint density at radius 1 is 1.22 bits per heavy atom. The van der Waals surface area contributed by atoms with Gasteiger partial charge in [-0.15, -0.1) is 0 Å². The number of carbonyl (C=O) groups is 3. The van der Waals surface area contributed by atoms with Gasteiger partial charge in [-0.1, -0.05) is 13.8 Å². The van der Waals surface area contributed by atoms with Crippen LogP contribution in [0.25, 0.3) is 0 Å². The lowest BCUT2D eigenvalue weighted by molar-refractivity contribution is -0.116. The molecule has 0 aliphatic carbocycles. The van der Waals surface area contributed by atoms with Crippen LogP contribution in [0, 0.1) is 5.92 Å². The molecule has 0 saturated carbocycles. The summed E-state index contributed by atoms with van der Waals surface area (Å²) < 4.78 is 11.8. The smallest absolute Gasteiger partial charge is 0.274 e. The first kappa shape index (κ1) is 27.1. The summed E-state index contributed by atoms with van der Waals surface area (Å²) in [6.45, 7) is 6.63. The van der Waals surface area contributed by atoms with Crippen molar-refractivity contribution in [1.82, 2.24) is 19.8 Å². The Morgan fingerprint density at radius 3 is 2.67 bits per heavy atom. The molecule has 1 N–H and O–H groups in total. The second-order valence-corrected chi connectivity index (χ2v) is 9.15. The summed E-state index contributed by atoms with van der Waals surface area (Å²) in [6, 6.07) is 4.65. The number of amides is 3. The third kappa shape index (κ3) is 6.57. The topological polar surface area (TPSA) is 114 Å². The number of methoxy groups -OCH3 is 1. The molecule has 3 atom stereocenters. The number of rotatable bonds is 5. The van der Waals surface area contributed by atoms with Gasteiger partial charge in [0.25, 0.3) is 11.8 Å². The highest BCUT2D eigenvalue weighted by molar-refractivity contribution is 5.98. The van der Waals surface area contributed by atoms with E-state index >= 15 is 0 Å². The molecule has 194 valence electrons. The van der Waals surface area contributed by atoms with Crippen molar-refractivity contribution in [3.8, 4) is 5.75 Å². The molecule has 3 amide bonds. The number of hydrogen-bond acceptors (Lipinski definition) is 7. The van der Waals surface area contributed by atoms with E-state index in [0.717, 1.165) is 6.42 Å². The Labute approximate surface area is 212 Å². The van der Waals surface area contributed by atoms with Crippen LogP contribution in [-0.2, 0) is 9.53 Å². The third-order valence-electron chi connectivity index (χ3n) is 6.25. The summed E-state index contributed by atoms with van der Waals surface area (Å²) in [5.74, 6) is -0.333. The van der Waals surface area contributed by atoms with E-state index in [2.05, 4.69) is 15.3 Å². The quantitative estimate of drug-likeness (QED) is 0.676. The summed E-state index contributed by atoms with van der Waals surface area (Å²) in [5, 5.41) is 2.84. The fourth-order valence-corrected chi connectivity index (χ4v) is 4.14. The fourth-order valence-electron chi connectivity index (χ4n) is 4.14. The molecular formula is C26H35N5O5. The van der Waals surface area contributed by atoms with Crippen LogP contribution in [0.5, 0.6) is 5.75 Å². The number of fused-ring (bicyclic) bond motifs is 1. The average molecular weight is 498 g/mol. The van der Waals surface area contributed by atoms with Gasteiger partial charge in [0.05, 0.1) is 23.9 Å². The minimum atomic E-state index is -0.349. The predicted molar refractivity (Wildman–Crippen MR) is 135 cm³/mol. The predicted octanol–water partition coefficient (Wildman–Crippen LogP) is 2.86. The molecule has 0 fully saturated rings. The van der Waals surface area contributed by atoms with Crippen molar-refractivity contribution in [1.29, 1.82) is 0 Å². The van der Waals surface area contributed by atoms with Gasteiger partial charge in [0.2, 0.25) is 5.91 Å². The number of benzene rings is 1. The molecule has 10 heteroatoms. The monoisotopic (exact) mass is 497 g/mol. The Bertz CT molecular complexity index is 1060. The van der Waals surface area contributed by atoms with Crippen LogP contribution >= 0.6 is 0 Å². The summed E-state index contributed by atoms with van der Waals surface area (Å²) in [5.41, 5.74) is 1.15. The molecular weight excluding hydrogens is 462 g/mol. The molecule has 1 aromatic heterocycles. The van der Waals surface area contributed by atoms with Gasteiger partial charge in [-0.2, -0.15) is 0 Å². The van der Waals surface area contributed by atoms with Gasteiger partial charge in [-0.05, 0) is 25.5 Å². The lowest BCUT2D eigenvalue weighted by atomic mass is 10.0. The maximum atomic E-state index is 13.4. The zero-order valence-corrected chi connectivity index (χ0v) is 21.6. The largest absolute Gasteiger partial charge is 0.491 e. The zero-order chi connectivity index (χ0) is 26.2. The molecule has 1 aliphatic heterocycles. The van der Waals surface area contributed by atoms with Gasteiger partial charge in [-0.3, -0.25) is 19.4 Å². The molecule has 3 rings (SSSR count). The van der Waals surface area contributed by atoms with Gasteiger partial charge in [0, 0.05) is 63.7 Å². The number of hydrogen-bond donors (Lipinski definition) is 1. The first-order chi connectivity index (χ1) is 17.2. The molecule has 0 bridgehead atoms. The highest BCUT2D eigenvalue weighted by Gasteiger charge is 2.31. The number of aromatic nitrogens is 2. The van der Waals surface area contributed by atoms with Gasteiger partial charge >= 0.3 is 0 Å². The van der Waals surface area contributed by atoms with Crippen molar-refractivity contribution < 1.29 is 23.9 Å². The number of carbonyl (C=O) groups excluding carboxylic acids is 3. The molecule has 36 heavy (non-hydrogen) atoms. The van der Waals surface area contributed by atoms with E-state index in [1.807, 2.05) is 20.8 Å². The Morgan fingerprint density at radius 2 is 2.00 bits per heavy atom. The van der Waals surface area contributed by atoms with Gasteiger partial charge in [0.1, 0.15) is 18.1 Å². The van der Waals surface area contributed by atoms with Crippen LogP contribution in [0.2, 0.25) is 0 Å². The average Bonchev–Trinajstić information content (AvgIpc) is 2.88. The van der Waals surface area contributed by atoms with Crippen LogP contribution in [0.4, 0.5) is 5.69 Å². The molecule has 0 saturated heterocycles. The lowest BCUT2D eigenvalue weighted by Gasteiger charge is -2.35. The highest BCUT2D eigenvalue weighted by Crippen LogP contribution is 2.27. The summed E-state index contributed by atoms with van der Waals surface area (Å²) in [7, 11) is 3.31. The minimum absolute atomic E-state index is 0.0802. The second kappa shape index (κ2) is 12.4. The van der Waals surface area contributed by atoms with Gasteiger partial charge in [-0.25, -0.2) is 4.98 Å². The van der Waals surface area contributed by atoms with Crippen molar-refractivity contribution in [2.24, 2.45) is 5.92 Å². The number of likely N-dealkylation sites (N-methyl/N-ethyl adjacent to an activating group) is 1. The zero-order valence-electron chi connectivity index (χ0n) is 21.6. The van der Waals surface area contributed by atoms with Crippen molar-refractivity contribution in [3.63, 3.8) is 0 Å². The van der Waals surface area contributed by atoms with E-state index in [1.54, 1.807) is 42.2 Å². The summed E-state index contributed by atoms with van der Waals surface area (Å²) in [6.07, 6.45) is 5.26. The molecule has 2 aromatic rings. The Balaban J connectivity index is 1.97. The molecule has 2 heterocycles. The van der Waals surface area contributed by atoms with Gasteiger partial charge < -0.3 is 24.6 Å². The van der Waals surface area contributed by atoms with Crippen LogP contribution < -0.4 is 10.1 Å².